The van der Waals surface area contributed by atoms with E-state index in [1.807, 2.05) is 6.92 Å². The summed E-state index contributed by atoms with van der Waals surface area (Å²) in [7, 11) is 0. The van der Waals surface area contributed by atoms with E-state index in [0.717, 1.165) is 6.42 Å². The highest BCUT2D eigenvalue weighted by Gasteiger charge is 2.33. The van der Waals surface area contributed by atoms with Crippen molar-refractivity contribution in [1.29, 1.82) is 0 Å². The Balaban J connectivity index is 2.05. The van der Waals surface area contributed by atoms with Gasteiger partial charge in [-0.05, 0) is 30.9 Å². The van der Waals surface area contributed by atoms with E-state index in [9.17, 15) is 18.7 Å². The first-order chi connectivity index (χ1) is 10.9. The number of nitrogens with one attached hydrogen (secondary N) is 1. The summed E-state index contributed by atoms with van der Waals surface area (Å²) in [5, 5.41) is 12.1. The van der Waals surface area contributed by atoms with E-state index < -0.39 is 13.0 Å². The highest BCUT2D eigenvalue weighted by molar-refractivity contribution is 5.90. The predicted molar refractivity (Wildman–Crippen MR) is 83.1 cm³/mol. The number of alkyl halides is 2. The maximum absolute atomic E-state index is 12.3. The van der Waals surface area contributed by atoms with Crippen molar-refractivity contribution in [2.75, 3.05) is 25.1 Å². The SMILES string of the molecule is Cc1ccc(NC(=O)N2CC[C@H](C)[C@@H]2CO)cc1OCC(F)F. The molecule has 5 nitrogen and oxygen atoms in total. The third-order valence-electron chi connectivity index (χ3n) is 4.13. The fraction of sp³-hybridized carbons (Fsp3) is 0.562. The van der Waals surface area contributed by atoms with Crippen LogP contribution in [0.2, 0.25) is 0 Å². The third-order valence-corrected chi connectivity index (χ3v) is 4.13. The highest BCUT2D eigenvalue weighted by atomic mass is 19.3. The Labute approximate surface area is 134 Å². The lowest BCUT2D eigenvalue weighted by molar-refractivity contribution is 0.0816. The van der Waals surface area contributed by atoms with Crippen molar-refractivity contribution in [3.63, 3.8) is 0 Å². The molecule has 1 fully saturated rings. The molecule has 7 heteroatoms. The van der Waals surface area contributed by atoms with Gasteiger partial charge < -0.3 is 20.1 Å². The van der Waals surface area contributed by atoms with Crippen LogP contribution in [0.5, 0.6) is 5.75 Å². The van der Waals surface area contributed by atoms with Gasteiger partial charge in [-0.25, -0.2) is 13.6 Å². The Morgan fingerprint density at radius 1 is 1.52 bits per heavy atom. The van der Waals surface area contributed by atoms with Gasteiger partial charge in [-0.15, -0.1) is 0 Å². The number of halogens is 2. The number of carbonyl (C=O) groups excluding carboxylic acids is 1. The number of likely N-dealkylation sites (tertiary alicyclic amines) is 1. The van der Waals surface area contributed by atoms with Gasteiger partial charge in [0.05, 0.1) is 12.6 Å². The number of hydrogen-bond donors (Lipinski definition) is 2. The topological polar surface area (TPSA) is 61.8 Å². The Bertz CT molecular complexity index is 554. The Hall–Kier alpha value is -1.89. The minimum absolute atomic E-state index is 0.0781. The van der Waals surface area contributed by atoms with E-state index in [1.165, 1.54) is 6.07 Å². The number of nitrogens with zero attached hydrogens (tertiary/aromatic N) is 1. The van der Waals surface area contributed by atoms with Gasteiger partial charge in [0.2, 0.25) is 0 Å². The molecule has 1 aromatic rings. The van der Waals surface area contributed by atoms with Crippen molar-refractivity contribution in [3.8, 4) is 5.75 Å². The van der Waals surface area contributed by atoms with E-state index in [0.29, 0.717) is 23.5 Å². The van der Waals surface area contributed by atoms with E-state index in [-0.39, 0.29) is 24.6 Å². The fourth-order valence-corrected chi connectivity index (χ4v) is 2.72. The van der Waals surface area contributed by atoms with Gasteiger partial charge in [-0.3, -0.25) is 0 Å². The summed E-state index contributed by atoms with van der Waals surface area (Å²) in [6.45, 7) is 3.56. The molecule has 0 unspecified atom stereocenters. The van der Waals surface area contributed by atoms with Crippen LogP contribution in [-0.4, -0.2) is 48.3 Å². The summed E-state index contributed by atoms with van der Waals surface area (Å²) in [5.74, 6) is 0.560. The van der Waals surface area contributed by atoms with E-state index >= 15 is 0 Å². The van der Waals surface area contributed by atoms with Crippen molar-refractivity contribution in [1.82, 2.24) is 4.90 Å². The van der Waals surface area contributed by atoms with Crippen LogP contribution in [0.15, 0.2) is 18.2 Å². The van der Waals surface area contributed by atoms with Crippen LogP contribution in [-0.2, 0) is 0 Å². The van der Waals surface area contributed by atoms with Crippen LogP contribution in [0.4, 0.5) is 19.3 Å². The monoisotopic (exact) mass is 328 g/mol. The molecule has 2 N–H and O–H groups in total. The van der Waals surface area contributed by atoms with Gasteiger partial charge in [0.15, 0.2) is 0 Å². The normalized spacial score (nSPS) is 20.9. The number of aryl methyl sites for hydroxylation is 1. The average Bonchev–Trinajstić information content (AvgIpc) is 2.88. The summed E-state index contributed by atoms with van der Waals surface area (Å²) >= 11 is 0. The van der Waals surface area contributed by atoms with Crippen LogP contribution in [0.3, 0.4) is 0 Å². The van der Waals surface area contributed by atoms with Crippen LogP contribution in [0.1, 0.15) is 18.9 Å². The van der Waals surface area contributed by atoms with E-state index in [1.54, 1.807) is 24.0 Å². The Morgan fingerprint density at radius 2 is 2.26 bits per heavy atom. The van der Waals surface area contributed by atoms with Gasteiger partial charge in [0, 0.05) is 18.3 Å². The molecule has 1 aliphatic rings. The Morgan fingerprint density at radius 3 is 2.91 bits per heavy atom. The van der Waals surface area contributed by atoms with Crippen molar-refractivity contribution in [2.45, 2.75) is 32.7 Å². The minimum Gasteiger partial charge on any atom is -0.487 e. The van der Waals surface area contributed by atoms with Crippen molar-refractivity contribution >= 4 is 11.7 Å². The summed E-state index contributed by atoms with van der Waals surface area (Å²) in [4.78, 5) is 13.9. The maximum Gasteiger partial charge on any atom is 0.322 e. The molecule has 0 aliphatic carbocycles. The first kappa shape index (κ1) is 17.5. The second kappa shape index (κ2) is 7.59. The van der Waals surface area contributed by atoms with Crippen LogP contribution < -0.4 is 10.1 Å². The van der Waals surface area contributed by atoms with Crippen molar-refractivity contribution in [3.05, 3.63) is 23.8 Å². The lowest BCUT2D eigenvalue weighted by Crippen LogP contribution is -2.42. The summed E-state index contributed by atoms with van der Waals surface area (Å²) in [6.07, 6.45) is -1.71. The molecule has 0 saturated carbocycles. The number of hydrogen-bond acceptors (Lipinski definition) is 3. The smallest absolute Gasteiger partial charge is 0.322 e. The number of anilines is 1. The quantitative estimate of drug-likeness (QED) is 0.874. The van der Waals surface area contributed by atoms with Gasteiger partial charge in [-0.2, -0.15) is 0 Å². The first-order valence-electron chi connectivity index (χ1n) is 7.62. The molecule has 2 atom stereocenters. The average molecular weight is 328 g/mol. The third kappa shape index (κ3) is 4.31. The molecule has 0 aromatic heterocycles. The molecule has 2 rings (SSSR count). The second-order valence-electron chi connectivity index (χ2n) is 5.82. The van der Waals surface area contributed by atoms with Crippen molar-refractivity contribution < 1.29 is 23.4 Å². The first-order valence-corrected chi connectivity index (χ1v) is 7.62. The molecule has 0 spiro atoms. The highest BCUT2D eigenvalue weighted by Crippen LogP contribution is 2.26. The molecule has 0 radical (unpaired) electrons. The largest absolute Gasteiger partial charge is 0.487 e. The fourth-order valence-electron chi connectivity index (χ4n) is 2.72. The number of benzene rings is 1. The summed E-state index contributed by atoms with van der Waals surface area (Å²) in [6, 6.07) is 4.41. The number of amides is 2. The molecule has 1 aliphatic heterocycles. The second-order valence-corrected chi connectivity index (χ2v) is 5.82. The molecule has 1 heterocycles. The zero-order valence-corrected chi connectivity index (χ0v) is 13.3. The molecule has 0 bridgehead atoms. The molecule has 23 heavy (non-hydrogen) atoms. The number of rotatable bonds is 5. The Kier molecular flexibility index (Phi) is 5.76. The minimum atomic E-state index is -2.55. The summed E-state index contributed by atoms with van der Waals surface area (Å²) in [5.41, 5.74) is 1.19. The van der Waals surface area contributed by atoms with Gasteiger partial charge in [-0.1, -0.05) is 13.0 Å². The number of aliphatic hydroxyl groups excluding tert-OH is 1. The predicted octanol–water partition coefficient (Wildman–Crippen LogP) is 2.87. The van der Waals surface area contributed by atoms with Gasteiger partial charge in [0.1, 0.15) is 12.4 Å². The molecule has 128 valence electrons. The van der Waals surface area contributed by atoms with E-state index in [2.05, 4.69) is 5.32 Å². The van der Waals surface area contributed by atoms with Gasteiger partial charge >= 0.3 is 6.03 Å². The lowest BCUT2D eigenvalue weighted by Gasteiger charge is -2.25. The molecule has 1 saturated heterocycles. The van der Waals surface area contributed by atoms with Crippen LogP contribution >= 0.6 is 0 Å². The molecular weight excluding hydrogens is 306 g/mol. The number of ether oxygens (including phenoxy) is 1. The van der Waals surface area contributed by atoms with Crippen LogP contribution in [0, 0.1) is 12.8 Å². The van der Waals surface area contributed by atoms with E-state index in [4.69, 9.17) is 4.74 Å². The standard InChI is InChI=1S/C16H22F2N2O3/c1-10-5-6-20(13(10)8-21)16(22)19-12-4-3-11(2)14(7-12)23-9-15(17)18/h3-4,7,10,13,15,21H,5-6,8-9H2,1-2H3,(H,19,22)/t10-,13-/m0/s1. The molecule has 1 aromatic carbocycles. The summed E-state index contributed by atoms with van der Waals surface area (Å²) < 4.78 is 29.6. The zero-order valence-electron chi connectivity index (χ0n) is 13.3. The number of aliphatic hydroxyl groups is 1. The lowest BCUT2D eigenvalue weighted by atomic mass is 10.0. The molecular formula is C16H22F2N2O3. The zero-order chi connectivity index (χ0) is 17.0. The molecule has 2 amide bonds. The van der Waals surface area contributed by atoms with Crippen molar-refractivity contribution in [2.24, 2.45) is 5.92 Å². The number of urea groups is 1. The number of carbonyl (C=O) groups is 1. The van der Waals surface area contributed by atoms with Gasteiger partial charge in [0.25, 0.3) is 6.43 Å². The maximum atomic E-state index is 12.3. The van der Waals surface area contributed by atoms with Crippen LogP contribution in [0.25, 0.3) is 0 Å².